The van der Waals surface area contributed by atoms with E-state index in [0.29, 0.717) is 17.1 Å². The van der Waals surface area contributed by atoms with Gasteiger partial charge in [-0.15, -0.1) is 0 Å². The van der Waals surface area contributed by atoms with Gasteiger partial charge in [0.15, 0.2) is 0 Å². The van der Waals surface area contributed by atoms with Crippen LogP contribution in [-0.4, -0.2) is 18.1 Å². The van der Waals surface area contributed by atoms with Crippen LogP contribution >= 0.6 is 11.6 Å². The Morgan fingerprint density at radius 2 is 2.15 bits per heavy atom. The average Bonchev–Trinajstić information content (AvgIpc) is 2.76. The number of carbonyl (C=O) groups is 1. The molecule has 20 heavy (non-hydrogen) atoms. The Labute approximate surface area is 122 Å². The lowest BCUT2D eigenvalue weighted by molar-refractivity contribution is 0.0963. The maximum atomic E-state index is 11.7. The van der Waals surface area contributed by atoms with Gasteiger partial charge >= 0.3 is 0 Å². The molecule has 106 valence electrons. The highest BCUT2D eigenvalue weighted by molar-refractivity contribution is 6.34. The monoisotopic (exact) mass is 293 g/mol. The average molecular weight is 294 g/mol. The lowest BCUT2D eigenvalue weighted by atomic mass is 10.1. The molecule has 2 N–H and O–H groups in total. The van der Waals surface area contributed by atoms with Crippen molar-refractivity contribution in [2.75, 3.05) is 12.4 Å². The number of carbonyl (C=O) groups excluding carboxylic acids is 1. The first-order valence-corrected chi connectivity index (χ1v) is 6.58. The van der Waals surface area contributed by atoms with Crippen LogP contribution in [-0.2, 0) is 6.54 Å². The Balaban J connectivity index is 2.16. The van der Waals surface area contributed by atoms with Gasteiger partial charge in [-0.1, -0.05) is 16.8 Å². The Kier molecular flexibility index (Phi) is 4.29. The predicted molar refractivity (Wildman–Crippen MR) is 78.1 cm³/mol. The van der Waals surface area contributed by atoms with Gasteiger partial charge in [-0.2, -0.15) is 0 Å². The van der Waals surface area contributed by atoms with Crippen LogP contribution in [0.15, 0.2) is 22.7 Å². The Morgan fingerprint density at radius 1 is 1.40 bits per heavy atom. The number of aryl methyl sites for hydroxylation is 2. The third kappa shape index (κ3) is 2.93. The van der Waals surface area contributed by atoms with Gasteiger partial charge in [0.25, 0.3) is 5.91 Å². The Hall–Kier alpha value is -2.01. The minimum atomic E-state index is -0.212. The number of hydrogen-bond acceptors (Lipinski definition) is 4. The van der Waals surface area contributed by atoms with Crippen molar-refractivity contribution in [3.8, 4) is 0 Å². The number of nitrogens with zero attached hydrogens (tertiary/aromatic N) is 1. The number of rotatable bonds is 4. The third-order valence-electron chi connectivity index (χ3n) is 3.09. The minimum absolute atomic E-state index is 0.212. The number of benzene rings is 1. The summed E-state index contributed by atoms with van der Waals surface area (Å²) in [6, 6.07) is 5.24. The number of anilines is 1. The molecule has 0 unspecified atom stereocenters. The van der Waals surface area contributed by atoms with Gasteiger partial charge in [0.1, 0.15) is 5.76 Å². The summed E-state index contributed by atoms with van der Waals surface area (Å²) in [6.07, 6.45) is 0. The van der Waals surface area contributed by atoms with E-state index in [1.807, 2.05) is 19.9 Å². The van der Waals surface area contributed by atoms with Crippen LogP contribution in [0.5, 0.6) is 0 Å². The van der Waals surface area contributed by atoms with Crippen LogP contribution in [0.4, 0.5) is 5.69 Å². The summed E-state index contributed by atoms with van der Waals surface area (Å²) in [5.74, 6) is 0.575. The summed E-state index contributed by atoms with van der Waals surface area (Å²) >= 11 is 6.01. The van der Waals surface area contributed by atoms with E-state index in [1.165, 1.54) is 0 Å². The van der Waals surface area contributed by atoms with Crippen molar-refractivity contribution in [2.24, 2.45) is 0 Å². The molecule has 0 aliphatic rings. The van der Waals surface area contributed by atoms with Crippen LogP contribution in [0.2, 0.25) is 5.02 Å². The van der Waals surface area contributed by atoms with Crippen LogP contribution < -0.4 is 10.6 Å². The van der Waals surface area contributed by atoms with E-state index in [9.17, 15) is 4.79 Å². The van der Waals surface area contributed by atoms with E-state index in [0.717, 1.165) is 22.7 Å². The summed E-state index contributed by atoms with van der Waals surface area (Å²) in [6.45, 7) is 4.34. The molecular formula is C14H16ClN3O2. The zero-order chi connectivity index (χ0) is 14.7. The number of nitrogens with one attached hydrogen (secondary N) is 2. The highest BCUT2D eigenvalue weighted by Crippen LogP contribution is 2.22. The molecule has 0 aliphatic heterocycles. The fourth-order valence-electron chi connectivity index (χ4n) is 1.89. The second kappa shape index (κ2) is 5.96. The predicted octanol–water partition coefficient (Wildman–Crippen LogP) is 2.92. The highest BCUT2D eigenvalue weighted by Gasteiger charge is 2.11. The smallest absolute Gasteiger partial charge is 0.252 e. The largest absolute Gasteiger partial charge is 0.381 e. The normalized spacial score (nSPS) is 10.4. The van der Waals surface area contributed by atoms with Gasteiger partial charge in [-0.05, 0) is 32.0 Å². The first-order chi connectivity index (χ1) is 9.52. The fraction of sp³-hybridized carbons (Fsp3) is 0.286. The molecule has 0 spiro atoms. The molecule has 6 heteroatoms. The van der Waals surface area contributed by atoms with Crippen molar-refractivity contribution >= 4 is 23.2 Å². The van der Waals surface area contributed by atoms with E-state index in [-0.39, 0.29) is 5.91 Å². The maximum Gasteiger partial charge on any atom is 0.252 e. The first-order valence-electron chi connectivity index (χ1n) is 6.20. The van der Waals surface area contributed by atoms with Crippen molar-refractivity contribution < 1.29 is 9.32 Å². The molecule has 1 heterocycles. The molecule has 1 aromatic heterocycles. The van der Waals surface area contributed by atoms with Crippen molar-refractivity contribution in [2.45, 2.75) is 20.4 Å². The summed E-state index contributed by atoms with van der Waals surface area (Å²) < 4.78 is 5.11. The number of aromatic nitrogens is 1. The molecule has 1 amide bonds. The third-order valence-corrected chi connectivity index (χ3v) is 3.42. The zero-order valence-corrected chi connectivity index (χ0v) is 12.3. The molecule has 5 nitrogen and oxygen atoms in total. The maximum absolute atomic E-state index is 11.7. The molecule has 0 fully saturated rings. The van der Waals surface area contributed by atoms with E-state index in [4.69, 9.17) is 16.1 Å². The summed E-state index contributed by atoms with van der Waals surface area (Å²) in [5.41, 5.74) is 3.13. The number of hydrogen-bond donors (Lipinski definition) is 2. The number of amides is 1. The highest BCUT2D eigenvalue weighted by atomic mass is 35.5. The topological polar surface area (TPSA) is 67.2 Å². The van der Waals surface area contributed by atoms with Crippen LogP contribution in [0, 0.1) is 13.8 Å². The molecular weight excluding hydrogens is 278 g/mol. The van der Waals surface area contributed by atoms with Crippen LogP contribution in [0.25, 0.3) is 0 Å². The van der Waals surface area contributed by atoms with E-state index in [2.05, 4.69) is 15.8 Å². The van der Waals surface area contributed by atoms with Gasteiger partial charge in [0.05, 0.1) is 16.3 Å². The van der Waals surface area contributed by atoms with Gasteiger partial charge in [0.2, 0.25) is 0 Å². The number of halogens is 1. The van der Waals surface area contributed by atoms with Gasteiger partial charge in [0, 0.05) is 24.8 Å². The molecule has 0 saturated heterocycles. The molecule has 0 atom stereocenters. The SMILES string of the molecule is CNC(=O)c1cc(NCc2c(C)noc2C)ccc1Cl. The molecule has 1 aromatic carbocycles. The molecule has 0 bridgehead atoms. The van der Waals surface area contributed by atoms with Crippen LogP contribution in [0.3, 0.4) is 0 Å². The van der Waals surface area contributed by atoms with Crippen LogP contribution in [0.1, 0.15) is 27.4 Å². The van der Waals surface area contributed by atoms with Crippen molar-refractivity contribution in [1.82, 2.24) is 10.5 Å². The molecule has 2 aromatic rings. The second-order valence-electron chi connectivity index (χ2n) is 4.43. The zero-order valence-electron chi connectivity index (χ0n) is 11.6. The van der Waals surface area contributed by atoms with Gasteiger partial charge in [-0.25, -0.2) is 0 Å². The van der Waals surface area contributed by atoms with E-state index >= 15 is 0 Å². The molecule has 0 saturated carbocycles. The lowest BCUT2D eigenvalue weighted by Crippen LogP contribution is -2.18. The first kappa shape index (κ1) is 14.4. The summed E-state index contributed by atoms with van der Waals surface area (Å²) in [7, 11) is 1.57. The standard InChI is InChI=1S/C14H16ClN3O2/c1-8-12(9(2)20-18-8)7-17-10-4-5-13(15)11(6-10)14(19)16-3/h4-6,17H,7H2,1-3H3,(H,16,19). The molecule has 2 rings (SSSR count). The van der Waals surface area contributed by atoms with E-state index in [1.54, 1.807) is 19.2 Å². The quantitative estimate of drug-likeness (QED) is 0.909. The fourth-order valence-corrected chi connectivity index (χ4v) is 2.09. The second-order valence-corrected chi connectivity index (χ2v) is 4.84. The summed E-state index contributed by atoms with van der Waals surface area (Å²) in [4.78, 5) is 11.7. The van der Waals surface area contributed by atoms with E-state index < -0.39 is 0 Å². The van der Waals surface area contributed by atoms with Crippen molar-refractivity contribution in [3.63, 3.8) is 0 Å². The summed E-state index contributed by atoms with van der Waals surface area (Å²) in [5, 5.41) is 10.1. The molecule has 0 radical (unpaired) electrons. The lowest BCUT2D eigenvalue weighted by Gasteiger charge is -2.09. The Morgan fingerprint density at radius 3 is 2.75 bits per heavy atom. The van der Waals surface area contributed by atoms with Crippen molar-refractivity contribution in [3.05, 3.63) is 45.8 Å². The van der Waals surface area contributed by atoms with Gasteiger partial charge < -0.3 is 15.2 Å². The molecule has 0 aliphatic carbocycles. The van der Waals surface area contributed by atoms with Crippen molar-refractivity contribution in [1.29, 1.82) is 0 Å². The van der Waals surface area contributed by atoms with Gasteiger partial charge in [-0.3, -0.25) is 4.79 Å². The minimum Gasteiger partial charge on any atom is -0.381 e. The Bertz CT molecular complexity index is 618.